The molecule has 158 valence electrons. The van der Waals surface area contributed by atoms with Crippen LogP contribution >= 0.6 is 0 Å². The van der Waals surface area contributed by atoms with Crippen molar-refractivity contribution in [2.75, 3.05) is 19.6 Å². The van der Waals surface area contributed by atoms with E-state index < -0.39 is 6.04 Å². The molecule has 1 aromatic heterocycles. The molecule has 2 heterocycles. The Morgan fingerprint density at radius 2 is 1.90 bits per heavy atom. The summed E-state index contributed by atoms with van der Waals surface area (Å²) in [6.45, 7) is 4.13. The summed E-state index contributed by atoms with van der Waals surface area (Å²) in [7, 11) is 0. The van der Waals surface area contributed by atoms with Crippen molar-refractivity contribution in [3.63, 3.8) is 0 Å². The number of hydrogen-bond acceptors (Lipinski definition) is 3. The monoisotopic (exact) mass is 405 g/mol. The van der Waals surface area contributed by atoms with Crippen LogP contribution in [0.1, 0.15) is 44.6 Å². The maximum Gasteiger partial charge on any atom is 0.245 e. The van der Waals surface area contributed by atoms with Gasteiger partial charge in [0.25, 0.3) is 0 Å². The number of amides is 2. The lowest BCUT2D eigenvalue weighted by Gasteiger charge is -2.42. The fraction of sp³-hybridized carbons (Fsp3) is 0.480. The highest BCUT2D eigenvalue weighted by Crippen LogP contribution is 2.30. The number of hydrogen-bond donors (Lipinski definition) is 0. The van der Waals surface area contributed by atoms with Gasteiger partial charge >= 0.3 is 0 Å². The third kappa shape index (κ3) is 4.25. The molecule has 1 aliphatic heterocycles. The van der Waals surface area contributed by atoms with Gasteiger partial charge in [0.05, 0.1) is 0 Å². The van der Waals surface area contributed by atoms with Gasteiger partial charge in [0.15, 0.2) is 0 Å². The lowest BCUT2D eigenvalue weighted by molar-refractivity contribution is -0.153. The summed E-state index contributed by atoms with van der Waals surface area (Å²) < 4.78 is 0. The number of rotatable bonds is 6. The summed E-state index contributed by atoms with van der Waals surface area (Å²) >= 11 is 0. The minimum Gasteiger partial charge on any atom is -0.339 e. The first-order valence-electron chi connectivity index (χ1n) is 11.3. The molecule has 0 spiro atoms. The first-order chi connectivity index (χ1) is 14.7. The predicted octanol–water partition coefficient (Wildman–Crippen LogP) is 3.93. The largest absolute Gasteiger partial charge is 0.339 e. The highest BCUT2D eigenvalue weighted by Gasteiger charge is 2.40. The number of carbonyl (C=O) groups is 2. The molecule has 30 heavy (non-hydrogen) atoms. The van der Waals surface area contributed by atoms with Gasteiger partial charge in [-0.2, -0.15) is 0 Å². The summed E-state index contributed by atoms with van der Waals surface area (Å²) in [5.74, 6) is 0.364. The van der Waals surface area contributed by atoms with Crippen molar-refractivity contribution in [3.8, 4) is 11.1 Å². The van der Waals surface area contributed by atoms with Gasteiger partial charge in [0.1, 0.15) is 6.04 Å². The Balaban J connectivity index is 1.64. The van der Waals surface area contributed by atoms with E-state index in [1.807, 2.05) is 40.3 Å². The van der Waals surface area contributed by atoms with Crippen LogP contribution in [0.2, 0.25) is 0 Å². The molecular formula is C25H31N3O2. The van der Waals surface area contributed by atoms with Crippen LogP contribution in [0.25, 0.3) is 11.1 Å². The number of benzene rings is 1. The second-order valence-corrected chi connectivity index (χ2v) is 8.46. The molecular weight excluding hydrogens is 374 g/mol. The van der Waals surface area contributed by atoms with Crippen LogP contribution < -0.4 is 0 Å². The van der Waals surface area contributed by atoms with Crippen molar-refractivity contribution in [1.82, 2.24) is 14.8 Å². The van der Waals surface area contributed by atoms with E-state index in [4.69, 9.17) is 0 Å². The first-order valence-corrected chi connectivity index (χ1v) is 11.3. The van der Waals surface area contributed by atoms with Crippen LogP contribution in [0.5, 0.6) is 0 Å². The van der Waals surface area contributed by atoms with Crippen molar-refractivity contribution in [2.45, 2.75) is 51.5 Å². The van der Waals surface area contributed by atoms with Crippen LogP contribution in [-0.4, -0.2) is 52.3 Å². The van der Waals surface area contributed by atoms with Crippen molar-refractivity contribution < 1.29 is 9.59 Å². The Hall–Kier alpha value is -2.69. The van der Waals surface area contributed by atoms with Crippen LogP contribution in [0.3, 0.4) is 0 Å². The van der Waals surface area contributed by atoms with Crippen molar-refractivity contribution in [2.24, 2.45) is 5.92 Å². The number of nitrogens with zero attached hydrogens (tertiary/aromatic N) is 3. The average Bonchev–Trinajstić information content (AvgIpc) is 3.32. The molecule has 0 radical (unpaired) electrons. The zero-order chi connectivity index (χ0) is 20.9. The quantitative estimate of drug-likeness (QED) is 0.732. The van der Waals surface area contributed by atoms with E-state index in [9.17, 15) is 9.59 Å². The van der Waals surface area contributed by atoms with Crippen LogP contribution in [-0.2, 0) is 16.0 Å². The number of piperazine rings is 1. The average molecular weight is 406 g/mol. The molecule has 0 N–H and O–H groups in total. The predicted molar refractivity (Wildman–Crippen MR) is 118 cm³/mol. The van der Waals surface area contributed by atoms with Gasteiger partial charge in [-0.25, -0.2) is 0 Å². The molecule has 5 heteroatoms. The third-order valence-electron chi connectivity index (χ3n) is 6.47. The Morgan fingerprint density at radius 3 is 2.63 bits per heavy atom. The van der Waals surface area contributed by atoms with E-state index >= 15 is 0 Å². The summed E-state index contributed by atoms with van der Waals surface area (Å²) in [5.41, 5.74) is 3.21. The van der Waals surface area contributed by atoms with E-state index in [1.54, 1.807) is 6.20 Å². The molecule has 1 aromatic carbocycles. The molecule has 2 aliphatic rings. The molecule has 5 nitrogen and oxygen atoms in total. The summed E-state index contributed by atoms with van der Waals surface area (Å²) in [6, 6.07) is 11.7. The van der Waals surface area contributed by atoms with Gasteiger partial charge in [-0.15, -0.1) is 0 Å². The minimum absolute atomic E-state index is 0.0894. The van der Waals surface area contributed by atoms with Crippen molar-refractivity contribution in [3.05, 3.63) is 54.4 Å². The van der Waals surface area contributed by atoms with E-state index in [0.717, 1.165) is 55.3 Å². The number of carbonyl (C=O) groups excluding carboxylic acids is 2. The summed E-state index contributed by atoms with van der Waals surface area (Å²) in [6.07, 6.45) is 9.25. The molecule has 1 saturated heterocycles. The molecule has 2 fully saturated rings. The molecule has 2 amide bonds. The second-order valence-electron chi connectivity index (χ2n) is 8.46. The molecule has 1 saturated carbocycles. The zero-order valence-electron chi connectivity index (χ0n) is 17.8. The van der Waals surface area contributed by atoms with Crippen molar-refractivity contribution >= 4 is 11.8 Å². The number of aromatic nitrogens is 1. The van der Waals surface area contributed by atoms with Gasteiger partial charge in [-0.05, 0) is 36.5 Å². The van der Waals surface area contributed by atoms with Gasteiger partial charge in [0, 0.05) is 49.9 Å². The van der Waals surface area contributed by atoms with Gasteiger partial charge in [0.2, 0.25) is 11.8 Å². The molecule has 4 rings (SSSR count). The molecule has 0 unspecified atom stereocenters. The molecule has 1 atom stereocenters. The standard InChI is InChI=1S/C25H31N3O2/c1-2-14-27-15-16-28(24(29)19-8-3-4-9-19)23(25(27)30)17-20-10-5-6-12-22(20)21-11-7-13-26-18-21/h5-7,10-13,18-19,23H,2-4,8-9,14-17H2,1H3/t23-/m0/s1. The Kier molecular flexibility index (Phi) is 6.46. The third-order valence-corrected chi connectivity index (χ3v) is 6.47. The maximum atomic E-state index is 13.4. The Morgan fingerprint density at radius 1 is 1.10 bits per heavy atom. The minimum atomic E-state index is -0.420. The second kappa shape index (κ2) is 9.41. The van der Waals surface area contributed by atoms with Gasteiger partial charge in [-0.1, -0.05) is 50.1 Å². The molecule has 2 aromatic rings. The fourth-order valence-corrected chi connectivity index (χ4v) is 4.91. The fourth-order valence-electron chi connectivity index (χ4n) is 4.91. The number of pyridine rings is 1. The maximum absolute atomic E-state index is 13.4. The van der Waals surface area contributed by atoms with Crippen LogP contribution in [0.4, 0.5) is 0 Å². The van der Waals surface area contributed by atoms with Crippen LogP contribution in [0, 0.1) is 5.92 Å². The van der Waals surface area contributed by atoms with Gasteiger partial charge < -0.3 is 9.80 Å². The summed E-state index contributed by atoms with van der Waals surface area (Å²) in [4.78, 5) is 34.8. The SMILES string of the molecule is CCCN1CCN(C(=O)C2CCCC2)[C@@H](Cc2ccccc2-c2cccnc2)C1=O. The van der Waals surface area contributed by atoms with E-state index in [1.165, 1.54) is 0 Å². The Labute approximate surface area is 179 Å². The van der Waals surface area contributed by atoms with E-state index in [-0.39, 0.29) is 17.7 Å². The molecule has 0 bridgehead atoms. The summed E-state index contributed by atoms with van der Waals surface area (Å²) in [5, 5.41) is 0. The lowest BCUT2D eigenvalue weighted by atomic mass is 9.93. The highest BCUT2D eigenvalue weighted by atomic mass is 16.2. The lowest BCUT2D eigenvalue weighted by Crippen LogP contribution is -2.60. The first kappa shape index (κ1) is 20.6. The Bertz CT molecular complexity index is 877. The smallest absolute Gasteiger partial charge is 0.245 e. The zero-order valence-corrected chi connectivity index (χ0v) is 17.8. The van der Waals surface area contributed by atoms with Crippen LogP contribution in [0.15, 0.2) is 48.8 Å². The van der Waals surface area contributed by atoms with E-state index in [0.29, 0.717) is 19.5 Å². The normalized spacial score (nSPS) is 20.0. The van der Waals surface area contributed by atoms with Gasteiger partial charge in [-0.3, -0.25) is 14.6 Å². The molecule has 1 aliphatic carbocycles. The highest BCUT2D eigenvalue weighted by molar-refractivity contribution is 5.90. The van der Waals surface area contributed by atoms with Crippen molar-refractivity contribution in [1.29, 1.82) is 0 Å². The van der Waals surface area contributed by atoms with E-state index in [2.05, 4.69) is 24.0 Å². The topological polar surface area (TPSA) is 53.5 Å².